The van der Waals surface area contributed by atoms with E-state index in [9.17, 15) is 15.2 Å². The summed E-state index contributed by atoms with van der Waals surface area (Å²) in [7, 11) is 0. The van der Waals surface area contributed by atoms with E-state index in [4.69, 9.17) is 0 Å². The Morgan fingerprint density at radius 3 is 3.05 bits per heavy atom. The van der Waals surface area contributed by atoms with Gasteiger partial charge in [-0.2, -0.15) is 4.98 Å². The first kappa shape index (κ1) is 15.4. The largest absolute Gasteiger partial charge is 0.396 e. The molecule has 0 bridgehead atoms. The standard InChI is InChI=1S/C13H21N5O3/c1-2-14-13-15-9-11(18(20)21)12(16-13)17-7-4-3-5-10(17)6-8-19/h9-10,19H,2-8H2,1H3,(H,14,15,16). The van der Waals surface area contributed by atoms with Crippen molar-refractivity contribution in [3.05, 3.63) is 16.3 Å². The molecule has 0 aliphatic carbocycles. The van der Waals surface area contributed by atoms with Gasteiger partial charge in [-0.1, -0.05) is 0 Å². The molecule has 1 aromatic rings. The van der Waals surface area contributed by atoms with Crippen molar-refractivity contribution in [2.75, 3.05) is 29.9 Å². The van der Waals surface area contributed by atoms with E-state index in [1.807, 2.05) is 11.8 Å². The first-order chi connectivity index (χ1) is 10.2. The Labute approximate surface area is 123 Å². The van der Waals surface area contributed by atoms with Gasteiger partial charge in [0.25, 0.3) is 0 Å². The quantitative estimate of drug-likeness (QED) is 0.606. The van der Waals surface area contributed by atoms with E-state index < -0.39 is 4.92 Å². The van der Waals surface area contributed by atoms with Crippen LogP contribution in [0.4, 0.5) is 17.5 Å². The van der Waals surface area contributed by atoms with E-state index in [-0.39, 0.29) is 18.3 Å². The minimum Gasteiger partial charge on any atom is -0.396 e. The van der Waals surface area contributed by atoms with Crippen LogP contribution in [-0.4, -0.2) is 45.7 Å². The zero-order valence-electron chi connectivity index (χ0n) is 12.2. The van der Waals surface area contributed by atoms with Crippen LogP contribution in [0.1, 0.15) is 32.6 Å². The first-order valence-electron chi connectivity index (χ1n) is 7.30. The lowest BCUT2D eigenvalue weighted by Gasteiger charge is -2.36. The lowest BCUT2D eigenvalue weighted by molar-refractivity contribution is -0.384. The molecule has 1 unspecified atom stereocenters. The van der Waals surface area contributed by atoms with Crippen LogP contribution < -0.4 is 10.2 Å². The Morgan fingerprint density at radius 2 is 2.38 bits per heavy atom. The van der Waals surface area contributed by atoms with E-state index in [2.05, 4.69) is 15.3 Å². The van der Waals surface area contributed by atoms with Crippen molar-refractivity contribution in [1.29, 1.82) is 0 Å². The molecule has 0 spiro atoms. The summed E-state index contributed by atoms with van der Waals surface area (Å²) in [6, 6.07) is 0.0897. The third-order valence-electron chi connectivity index (χ3n) is 3.64. The van der Waals surface area contributed by atoms with Crippen LogP contribution in [0.15, 0.2) is 6.20 Å². The molecule has 0 saturated carbocycles. The van der Waals surface area contributed by atoms with Crippen LogP contribution in [0, 0.1) is 10.1 Å². The summed E-state index contributed by atoms with van der Waals surface area (Å²) in [6.45, 7) is 3.35. The molecule has 1 aliphatic rings. The molecule has 2 rings (SSSR count). The van der Waals surface area contributed by atoms with Crippen molar-refractivity contribution in [2.45, 2.75) is 38.6 Å². The van der Waals surface area contributed by atoms with Gasteiger partial charge in [-0.05, 0) is 32.6 Å². The van der Waals surface area contributed by atoms with Gasteiger partial charge in [0.1, 0.15) is 6.20 Å². The van der Waals surface area contributed by atoms with Gasteiger partial charge in [-0.3, -0.25) is 10.1 Å². The fraction of sp³-hybridized carbons (Fsp3) is 0.692. The average Bonchev–Trinajstić information content (AvgIpc) is 2.48. The van der Waals surface area contributed by atoms with Gasteiger partial charge in [0.15, 0.2) is 0 Å². The molecule has 1 saturated heterocycles. The molecule has 8 nitrogen and oxygen atoms in total. The number of rotatable bonds is 6. The van der Waals surface area contributed by atoms with Crippen LogP contribution in [-0.2, 0) is 0 Å². The molecule has 1 aromatic heterocycles. The third kappa shape index (κ3) is 3.57. The van der Waals surface area contributed by atoms with Crippen molar-refractivity contribution in [2.24, 2.45) is 0 Å². The number of aliphatic hydroxyl groups is 1. The maximum absolute atomic E-state index is 11.2. The molecule has 0 radical (unpaired) electrons. The number of nitrogens with one attached hydrogen (secondary N) is 1. The van der Waals surface area contributed by atoms with Crippen LogP contribution in [0.5, 0.6) is 0 Å². The predicted molar refractivity (Wildman–Crippen MR) is 79.5 cm³/mol. The average molecular weight is 295 g/mol. The Hall–Kier alpha value is -1.96. The second-order valence-electron chi connectivity index (χ2n) is 5.05. The number of aromatic nitrogens is 2. The van der Waals surface area contributed by atoms with Gasteiger partial charge >= 0.3 is 5.69 Å². The normalized spacial score (nSPS) is 18.6. The summed E-state index contributed by atoms with van der Waals surface area (Å²) < 4.78 is 0. The third-order valence-corrected chi connectivity index (χ3v) is 3.64. The van der Waals surface area contributed by atoms with E-state index in [0.717, 1.165) is 19.3 Å². The molecule has 116 valence electrons. The zero-order valence-corrected chi connectivity index (χ0v) is 12.2. The Kier molecular flexibility index (Phi) is 5.26. The maximum atomic E-state index is 11.2. The predicted octanol–water partition coefficient (Wildman–Crippen LogP) is 1.56. The van der Waals surface area contributed by atoms with Crippen molar-refractivity contribution >= 4 is 17.5 Å². The van der Waals surface area contributed by atoms with Crippen LogP contribution >= 0.6 is 0 Å². The molecule has 8 heteroatoms. The van der Waals surface area contributed by atoms with Crippen LogP contribution in [0.2, 0.25) is 0 Å². The van der Waals surface area contributed by atoms with E-state index in [0.29, 0.717) is 31.3 Å². The molecule has 21 heavy (non-hydrogen) atoms. The molecule has 1 fully saturated rings. The van der Waals surface area contributed by atoms with Gasteiger partial charge in [-0.25, -0.2) is 4.98 Å². The summed E-state index contributed by atoms with van der Waals surface area (Å²) in [5, 5.41) is 23.4. The van der Waals surface area contributed by atoms with Crippen molar-refractivity contribution < 1.29 is 10.0 Å². The van der Waals surface area contributed by atoms with Crippen LogP contribution in [0.25, 0.3) is 0 Å². The van der Waals surface area contributed by atoms with E-state index in [1.165, 1.54) is 6.20 Å². The maximum Gasteiger partial charge on any atom is 0.329 e. The smallest absolute Gasteiger partial charge is 0.329 e. The summed E-state index contributed by atoms with van der Waals surface area (Å²) in [6.07, 6.45) is 4.81. The highest BCUT2D eigenvalue weighted by molar-refractivity contribution is 5.59. The molecule has 1 aliphatic heterocycles. The van der Waals surface area contributed by atoms with E-state index >= 15 is 0 Å². The highest BCUT2D eigenvalue weighted by Gasteiger charge is 2.29. The van der Waals surface area contributed by atoms with Crippen molar-refractivity contribution in [3.63, 3.8) is 0 Å². The molecular weight excluding hydrogens is 274 g/mol. The van der Waals surface area contributed by atoms with Gasteiger partial charge in [0.05, 0.1) is 4.92 Å². The van der Waals surface area contributed by atoms with Gasteiger partial charge < -0.3 is 15.3 Å². The van der Waals surface area contributed by atoms with Crippen molar-refractivity contribution in [3.8, 4) is 0 Å². The monoisotopic (exact) mass is 295 g/mol. The number of nitro groups is 1. The highest BCUT2D eigenvalue weighted by atomic mass is 16.6. The molecular formula is C13H21N5O3. The molecule has 2 N–H and O–H groups in total. The molecule has 0 aromatic carbocycles. The summed E-state index contributed by atoms with van der Waals surface area (Å²) in [4.78, 5) is 21.0. The SMILES string of the molecule is CCNc1ncc([N+](=O)[O-])c(N2CCCCC2CCO)n1. The van der Waals surface area contributed by atoms with Gasteiger partial charge in [-0.15, -0.1) is 0 Å². The topological polar surface area (TPSA) is 104 Å². The molecule has 1 atom stereocenters. The number of nitrogens with zero attached hydrogens (tertiary/aromatic N) is 4. The van der Waals surface area contributed by atoms with Gasteiger partial charge in [0.2, 0.25) is 11.8 Å². The number of hydrogen-bond acceptors (Lipinski definition) is 7. The lowest BCUT2D eigenvalue weighted by atomic mass is 9.99. The minimum absolute atomic E-state index is 0.0696. The second kappa shape index (κ2) is 7.16. The summed E-state index contributed by atoms with van der Waals surface area (Å²) in [5.41, 5.74) is -0.0820. The fourth-order valence-electron chi connectivity index (χ4n) is 2.68. The van der Waals surface area contributed by atoms with E-state index in [1.54, 1.807) is 0 Å². The lowest BCUT2D eigenvalue weighted by Crippen LogP contribution is -2.41. The fourth-order valence-corrected chi connectivity index (χ4v) is 2.68. The highest BCUT2D eigenvalue weighted by Crippen LogP contribution is 2.32. The Morgan fingerprint density at radius 1 is 1.57 bits per heavy atom. The Balaban J connectivity index is 2.37. The first-order valence-corrected chi connectivity index (χ1v) is 7.30. The second-order valence-corrected chi connectivity index (χ2v) is 5.05. The minimum atomic E-state index is -0.449. The summed E-state index contributed by atoms with van der Waals surface area (Å²) in [5.74, 6) is 0.746. The molecule has 2 heterocycles. The molecule has 0 amide bonds. The summed E-state index contributed by atoms with van der Waals surface area (Å²) >= 11 is 0. The Bertz CT molecular complexity index is 495. The zero-order chi connectivity index (χ0) is 15.2. The van der Waals surface area contributed by atoms with Crippen molar-refractivity contribution in [1.82, 2.24) is 9.97 Å². The number of aliphatic hydroxyl groups excluding tert-OH is 1. The van der Waals surface area contributed by atoms with Gasteiger partial charge in [0, 0.05) is 25.7 Å². The number of hydrogen-bond donors (Lipinski definition) is 2. The van der Waals surface area contributed by atoms with Crippen LogP contribution in [0.3, 0.4) is 0 Å². The number of anilines is 2. The number of piperidine rings is 1.